The van der Waals surface area contributed by atoms with E-state index in [9.17, 15) is 22.4 Å². The van der Waals surface area contributed by atoms with Gasteiger partial charge < -0.3 is 5.11 Å². The summed E-state index contributed by atoms with van der Waals surface area (Å²) < 4.78 is 51.6. The Morgan fingerprint density at radius 2 is 1.94 bits per heavy atom. The Kier molecular flexibility index (Phi) is 3.04. The monoisotopic (exact) mass is 262 g/mol. The highest BCUT2D eigenvalue weighted by Crippen LogP contribution is 2.45. The fourth-order valence-electron chi connectivity index (χ4n) is 2.02. The van der Waals surface area contributed by atoms with E-state index in [4.69, 9.17) is 5.11 Å². The van der Waals surface area contributed by atoms with E-state index in [1.165, 1.54) is 0 Å². The molecule has 1 aromatic carbocycles. The summed E-state index contributed by atoms with van der Waals surface area (Å²) in [5.74, 6) is -2.47. The van der Waals surface area contributed by atoms with Crippen LogP contribution in [0, 0.1) is 5.82 Å². The average molecular weight is 262 g/mol. The molecule has 1 fully saturated rings. The minimum absolute atomic E-state index is 0.142. The van der Waals surface area contributed by atoms with Gasteiger partial charge in [-0.3, -0.25) is 4.79 Å². The maximum atomic E-state index is 13.2. The molecule has 0 unspecified atom stereocenters. The molecule has 0 spiro atoms. The summed E-state index contributed by atoms with van der Waals surface area (Å²) >= 11 is 0. The van der Waals surface area contributed by atoms with E-state index in [-0.39, 0.29) is 17.0 Å². The molecule has 0 atom stereocenters. The van der Waals surface area contributed by atoms with Crippen LogP contribution in [0.25, 0.3) is 0 Å². The third-order valence-corrected chi connectivity index (χ3v) is 2.90. The number of hydrogen-bond acceptors (Lipinski definition) is 1. The van der Waals surface area contributed by atoms with E-state index in [0.29, 0.717) is 18.9 Å². The fraction of sp³-hybridized carbons (Fsp3) is 0.417. The van der Waals surface area contributed by atoms with Crippen LogP contribution in [0.15, 0.2) is 12.1 Å². The third kappa shape index (κ3) is 2.63. The number of carboxylic acids is 1. The molecule has 1 N–H and O–H groups in total. The van der Waals surface area contributed by atoms with E-state index >= 15 is 0 Å². The quantitative estimate of drug-likeness (QED) is 0.848. The van der Waals surface area contributed by atoms with E-state index in [2.05, 4.69) is 0 Å². The van der Waals surface area contributed by atoms with Crippen molar-refractivity contribution in [1.29, 1.82) is 0 Å². The normalized spacial score (nSPS) is 15.8. The van der Waals surface area contributed by atoms with Gasteiger partial charge in [0.2, 0.25) is 0 Å². The first kappa shape index (κ1) is 12.9. The third-order valence-electron chi connectivity index (χ3n) is 2.90. The molecule has 0 radical (unpaired) electrons. The van der Waals surface area contributed by atoms with Crippen LogP contribution in [0.1, 0.15) is 35.4 Å². The van der Waals surface area contributed by atoms with Gasteiger partial charge in [-0.25, -0.2) is 4.39 Å². The number of aliphatic carboxylic acids is 1. The number of carbonyl (C=O) groups is 1. The molecule has 6 heteroatoms. The van der Waals surface area contributed by atoms with Crippen molar-refractivity contribution in [2.75, 3.05) is 0 Å². The first-order valence-electron chi connectivity index (χ1n) is 5.40. The molecule has 0 amide bonds. The van der Waals surface area contributed by atoms with Crippen LogP contribution in [0.3, 0.4) is 0 Å². The summed E-state index contributed by atoms with van der Waals surface area (Å²) in [6.07, 6.45) is -4.13. The summed E-state index contributed by atoms with van der Waals surface area (Å²) in [5.41, 5.74) is -1.30. The lowest BCUT2D eigenvalue weighted by Gasteiger charge is -2.16. The molecule has 2 nitrogen and oxygen atoms in total. The van der Waals surface area contributed by atoms with Gasteiger partial charge in [0.15, 0.2) is 0 Å². The SMILES string of the molecule is O=C(O)Cc1c(C2CC2)cc(F)cc1C(F)(F)F. The van der Waals surface area contributed by atoms with Crippen molar-refractivity contribution in [3.8, 4) is 0 Å². The van der Waals surface area contributed by atoms with Crippen molar-refractivity contribution in [3.05, 3.63) is 34.6 Å². The standard InChI is InChI=1S/C12H10F4O2/c13-7-3-8(6-1-2-6)9(5-11(17)18)10(4-7)12(14,15)16/h3-4,6H,1-2,5H2,(H,17,18). The molecule has 1 aliphatic rings. The predicted molar refractivity (Wildman–Crippen MR) is 54.7 cm³/mol. The van der Waals surface area contributed by atoms with Crippen LogP contribution in [-0.2, 0) is 17.4 Å². The lowest BCUT2D eigenvalue weighted by Crippen LogP contribution is -2.15. The van der Waals surface area contributed by atoms with E-state index in [1.807, 2.05) is 0 Å². The van der Waals surface area contributed by atoms with Gasteiger partial charge in [-0.1, -0.05) is 0 Å². The van der Waals surface area contributed by atoms with Gasteiger partial charge in [0.25, 0.3) is 0 Å². The molecule has 0 aromatic heterocycles. The van der Waals surface area contributed by atoms with Crippen LogP contribution in [0.4, 0.5) is 17.6 Å². The molecule has 0 aliphatic heterocycles. The zero-order chi connectivity index (χ0) is 13.5. The Labute approximate surface area is 100 Å². The number of hydrogen-bond donors (Lipinski definition) is 1. The zero-order valence-electron chi connectivity index (χ0n) is 9.22. The van der Waals surface area contributed by atoms with Gasteiger partial charge in [0.05, 0.1) is 12.0 Å². The minimum atomic E-state index is -4.74. The van der Waals surface area contributed by atoms with E-state index < -0.39 is 29.9 Å². The van der Waals surface area contributed by atoms with Crippen molar-refractivity contribution in [2.45, 2.75) is 31.4 Å². The first-order chi connectivity index (χ1) is 8.29. The van der Waals surface area contributed by atoms with Crippen molar-refractivity contribution < 1.29 is 27.5 Å². The van der Waals surface area contributed by atoms with Gasteiger partial charge >= 0.3 is 12.1 Å². The van der Waals surface area contributed by atoms with Crippen molar-refractivity contribution in [2.24, 2.45) is 0 Å². The van der Waals surface area contributed by atoms with E-state index in [0.717, 1.165) is 6.07 Å². The Morgan fingerprint density at radius 3 is 2.39 bits per heavy atom. The highest BCUT2D eigenvalue weighted by molar-refractivity contribution is 5.72. The molecule has 2 rings (SSSR count). The predicted octanol–water partition coefficient (Wildman–Crippen LogP) is 3.35. The first-order valence-corrected chi connectivity index (χ1v) is 5.40. The Morgan fingerprint density at radius 1 is 1.33 bits per heavy atom. The lowest BCUT2D eigenvalue weighted by molar-refractivity contribution is -0.139. The summed E-state index contributed by atoms with van der Waals surface area (Å²) in [6.45, 7) is 0. The number of halogens is 4. The summed E-state index contributed by atoms with van der Waals surface area (Å²) in [4.78, 5) is 10.7. The smallest absolute Gasteiger partial charge is 0.416 e. The number of alkyl halides is 3. The van der Waals surface area contributed by atoms with E-state index in [1.54, 1.807) is 0 Å². The summed E-state index contributed by atoms with van der Waals surface area (Å²) in [7, 11) is 0. The van der Waals surface area contributed by atoms with Crippen LogP contribution >= 0.6 is 0 Å². The molecule has 1 aromatic rings. The van der Waals surface area contributed by atoms with Crippen LogP contribution in [0.5, 0.6) is 0 Å². The molecule has 1 saturated carbocycles. The van der Waals surface area contributed by atoms with Crippen molar-refractivity contribution in [1.82, 2.24) is 0 Å². The summed E-state index contributed by atoms with van der Waals surface area (Å²) in [6, 6.07) is 1.38. The second kappa shape index (κ2) is 4.26. The second-order valence-electron chi connectivity index (χ2n) is 4.36. The number of benzene rings is 1. The fourth-order valence-corrected chi connectivity index (χ4v) is 2.02. The highest BCUT2D eigenvalue weighted by Gasteiger charge is 2.38. The van der Waals surface area contributed by atoms with Gasteiger partial charge in [0.1, 0.15) is 5.82 Å². The highest BCUT2D eigenvalue weighted by atomic mass is 19.4. The van der Waals surface area contributed by atoms with Gasteiger partial charge in [-0.2, -0.15) is 13.2 Å². The second-order valence-corrected chi connectivity index (χ2v) is 4.36. The van der Waals surface area contributed by atoms with Crippen LogP contribution < -0.4 is 0 Å². The van der Waals surface area contributed by atoms with Crippen molar-refractivity contribution in [3.63, 3.8) is 0 Å². The molecule has 0 saturated heterocycles. The lowest BCUT2D eigenvalue weighted by atomic mass is 9.94. The maximum absolute atomic E-state index is 13.2. The number of rotatable bonds is 3. The maximum Gasteiger partial charge on any atom is 0.416 e. The topological polar surface area (TPSA) is 37.3 Å². The van der Waals surface area contributed by atoms with Gasteiger partial charge in [0, 0.05) is 0 Å². The number of carboxylic acid groups (broad SMARTS) is 1. The Balaban J connectivity index is 2.58. The summed E-state index contributed by atoms with van der Waals surface area (Å²) in [5, 5.41) is 8.69. The Hall–Kier alpha value is -1.59. The van der Waals surface area contributed by atoms with Crippen molar-refractivity contribution >= 4 is 5.97 Å². The molecule has 1 aliphatic carbocycles. The van der Waals surface area contributed by atoms with Crippen LogP contribution in [-0.4, -0.2) is 11.1 Å². The van der Waals surface area contributed by atoms with Gasteiger partial charge in [-0.05, 0) is 42.0 Å². The van der Waals surface area contributed by atoms with Crippen LogP contribution in [0.2, 0.25) is 0 Å². The molecule has 0 bridgehead atoms. The van der Waals surface area contributed by atoms with Gasteiger partial charge in [-0.15, -0.1) is 0 Å². The molecule has 98 valence electrons. The zero-order valence-corrected chi connectivity index (χ0v) is 9.22. The molecule has 18 heavy (non-hydrogen) atoms. The Bertz CT molecular complexity index is 490. The minimum Gasteiger partial charge on any atom is -0.481 e. The molecular weight excluding hydrogens is 252 g/mol. The molecule has 0 heterocycles. The molecular formula is C12H10F4O2. The average Bonchev–Trinajstić information content (AvgIpc) is 3.01. The largest absolute Gasteiger partial charge is 0.481 e.